The van der Waals surface area contributed by atoms with E-state index in [0.29, 0.717) is 18.9 Å². The zero-order valence-corrected chi connectivity index (χ0v) is 15.0. The van der Waals surface area contributed by atoms with Gasteiger partial charge in [0.25, 0.3) is 0 Å². The summed E-state index contributed by atoms with van der Waals surface area (Å²) in [6.07, 6.45) is 2.33. The fourth-order valence-corrected chi connectivity index (χ4v) is 2.39. The third-order valence-electron chi connectivity index (χ3n) is 3.99. The lowest BCUT2D eigenvalue weighted by atomic mass is 10.0. The second-order valence-electron chi connectivity index (χ2n) is 7.49. The number of nitrogens with zero attached hydrogens (tertiary/aromatic N) is 1. The van der Waals surface area contributed by atoms with Crippen LogP contribution in [0, 0.1) is 5.92 Å². The lowest BCUT2D eigenvalue weighted by Crippen LogP contribution is -2.50. The predicted molar refractivity (Wildman–Crippen MR) is 93.7 cm³/mol. The highest BCUT2D eigenvalue weighted by molar-refractivity contribution is 5.86. The lowest BCUT2D eigenvalue weighted by molar-refractivity contribution is -0.126. The summed E-state index contributed by atoms with van der Waals surface area (Å²) < 4.78 is 5.41. The van der Waals surface area contributed by atoms with Crippen molar-refractivity contribution in [1.29, 1.82) is 0 Å². The highest BCUT2D eigenvalue weighted by atomic mass is 16.6. The maximum atomic E-state index is 12.6. The molecule has 0 aliphatic heterocycles. The molecular formula is C19H28N2O3. The van der Waals surface area contributed by atoms with E-state index in [9.17, 15) is 9.59 Å². The molecule has 1 N–H and O–H groups in total. The van der Waals surface area contributed by atoms with Crippen LogP contribution in [0.3, 0.4) is 0 Å². The van der Waals surface area contributed by atoms with E-state index in [4.69, 9.17) is 4.74 Å². The van der Waals surface area contributed by atoms with E-state index in [-0.39, 0.29) is 5.91 Å². The van der Waals surface area contributed by atoms with Crippen LogP contribution in [0.5, 0.6) is 0 Å². The molecule has 0 heterocycles. The Kier molecular flexibility index (Phi) is 5.86. The molecule has 0 radical (unpaired) electrons. The number of benzene rings is 1. The Hall–Kier alpha value is -2.04. The molecule has 5 heteroatoms. The monoisotopic (exact) mass is 332 g/mol. The van der Waals surface area contributed by atoms with E-state index >= 15 is 0 Å². The van der Waals surface area contributed by atoms with Gasteiger partial charge in [0, 0.05) is 20.0 Å². The molecule has 0 saturated heterocycles. The minimum atomic E-state index is -0.590. The van der Waals surface area contributed by atoms with Gasteiger partial charge in [-0.1, -0.05) is 30.3 Å². The maximum absolute atomic E-state index is 12.6. The summed E-state index contributed by atoms with van der Waals surface area (Å²) >= 11 is 0. The van der Waals surface area contributed by atoms with Crippen LogP contribution in [0.1, 0.15) is 39.2 Å². The van der Waals surface area contributed by atoms with Crippen LogP contribution >= 0.6 is 0 Å². The summed E-state index contributed by atoms with van der Waals surface area (Å²) in [4.78, 5) is 26.4. The van der Waals surface area contributed by atoms with Gasteiger partial charge in [0.05, 0.1) is 0 Å². The smallest absolute Gasteiger partial charge is 0.410 e. The van der Waals surface area contributed by atoms with Gasteiger partial charge < -0.3 is 10.1 Å². The number of nitrogens with one attached hydrogen (secondary N) is 1. The Morgan fingerprint density at radius 2 is 1.88 bits per heavy atom. The van der Waals surface area contributed by atoms with Crippen molar-refractivity contribution in [3.05, 3.63) is 35.9 Å². The molecule has 1 fully saturated rings. The van der Waals surface area contributed by atoms with Crippen LogP contribution in [0.2, 0.25) is 0 Å². The summed E-state index contributed by atoms with van der Waals surface area (Å²) in [5.74, 6) is 0.470. The number of hydrogen-bond acceptors (Lipinski definition) is 3. The van der Waals surface area contributed by atoms with E-state index in [1.165, 1.54) is 17.7 Å². The number of hydrogen-bond donors (Lipinski definition) is 1. The van der Waals surface area contributed by atoms with Crippen LogP contribution in [0.15, 0.2) is 30.3 Å². The molecule has 0 aromatic heterocycles. The first-order valence-corrected chi connectivity index (χ1v) is 8.53. The Bertz CT molecular complexity index is 562. The predicted octanol–water partition coefficient (Wildman–Crippen LogP) is 2.99. The molecule has 5 nitrogen and oxygen atoms in total. The molecule has 1 saturated carbocycles. The molecule has 1 aliphatic rings. The summed E-state index contributed by atoms with van der Waals surface area (Å²) in [5.41, 5.74) is 0.423. The van der Waals surface area contributed by atoms with Gasteiger partial charge in [0.1, 0.15) is 11.6 Å². The van der Waals surface area contributed by atoms with Crippen LogP contribution in [-0.4, -0.2) is 42.1 Å². The van der Waals surface area contributed by atoms with Crippen molar-refractivity contribution in [2.75, 3.05) is 13.6 Å². The number of ether oxygens (including phenoxy) is 1. The standard InChI is InChI=1S/C19H28N2O3/c1-19(2,3)24-18(23)21(4)16(12-14-8-6-5-7-9-14)17(22)20-13-15-10-11-15/h5-9,15-16H,10-13H2,1-4H3,(H,20,22)/t16-/m1/s1. The summed E-state index contributed by atoms with van der Waals surface area (Å²) in [5, 5.41) is 2.98. The number of amides is 2. The molecule has 0 unspecified atom stereocenters. The van der Waals surface area contributed by atoms with Crippen molar-refractivity contribution >= 4 is 12.0 Å². The van der Waals surface area contributed by atoms with E-state index in [0.717, 1.165) is 5.56 Å². The Balaban J connectivity index is 2.07. The van der Waals surface area contributed by atoms with Gasteiger partial charge in [-0.2, -0.15) is 0 Å². The molecular weight excluding hydrogens is 304 g/mol. The molecule has 0 bridgehead atoms. The normalized spacial score (nSPS) is 15.5. The summed E-state index contributed by atoms with van der Waals surface area (Å²) in [6, 6.07) is 9.14. The molecule has 2 amide bonds. The largest absolute Gasteiger partial charge is 0.444 e. The summed E-state index contributed by atoms with van der Waals surface area (Å²) in [6.45, 7) is 6.14. The van der Waals surface area contributed by atoms with E-state index < -0.39 is 17.7 Å². The van der Waals surface area contributed by atoms with Gasteiger partial charge >= 0.3 is 6.09 Å². The zero-order chi connectivity index (χ0) is 17.7. The van der Waals surface area contributed by atoms with Gasteiger partial charge in [-0.25, -0.2) is 4.79 Å². The Labute approximate surface area is 144 Å². The van der Waals surface area contributed by atoms with E-state index in [2.05, 4.69) is 5.32 Å². The first kappa shape index (κ1) is 18.3. The molecule has 1 aromatic rings. The van der Waals surface area contributed by atoms with Crippen molar-refractivity contribution in [1.82, 2.24) is 10.2 Å². The second kappa shape index (κ2) is 7.69. The first-order valence-electron chi connectivity index (χ1n) is 8.53. The fourth-order valence-electron chi connectivity index (χ4n) is 2.39. The average molecular weight is 332 g/mol. The third kappa shape index (κ3) is 5.87. The maximum Gasteiger partial charge on any atom is 0.410 e. The molecule has 2 rings (SSSR count). The van der Waals surface area contributed by atoms with Gasteiger partial charge in [-0.3, -0.25) is 9.69 Å². The molecule has 132 valence electrons. The van der Waals surface area contributed by atoms with Crippen LogP contribution in [-0.2, 0) is 16.0 Å². The van der Waals surface area contributed by atoms with E-state index in [1.807, 2.05) is 51.1 Å². The van der Waals surface area contributed by atoms with Crippen LogP contribution in [0.4, 0.5) is 4.79 Å². The number of carbonyl (C=O) groups is 2. The Morgan fingerprint density at radius 3 is 2.42 bits per heavy atom. The zero-order valence-electron chi connectivity index (χ0n) is 15.0. The van der Waals surface area contributed by atoms with Crippen molar-refractivity contribution in [3.63, 3.8) is 0 Å². The highest BCUT2D eigenvalue weighted by Crippen LogP contribution is 2.27. The molecule has 1 atom stereocenters. The van der Waals surface area contributed by atoms with E-state index in [1.54, 1.807) is 7.05 Å². The average Bonchev–Trinajstić information content (AvgIpc) is 3.33. The van der Waals surface area contributed by atoms with Crippen molar-refractivity contribution in [2.45, 2.75) is 51.7 Å². The summed E-state index contributed by atoms with van der Waals surface area (Å²) in [7, 11) is 1.62. The second-order valence-corrected chi connectivity index (χ2v) is 7.49. The minimum Gasteiger partial charge on any atom is -0.444 e. The van der Waals surface area contributed by atoms with Crippen molar-refractivity contribution in [2.24, 2.45) is 5.92 Å². The highest BCUT2D eigenvalue weighted by Gasteiger charge is 2.31. The fraction of sp³-hybridized carbons (Fsp3) is 0.579. The van der Waals surface area contributed by atoms with Gasteiger partial charge in [-0.15, -0.1) is 0 Å². The van der Waals surface area contributed by atoms with Gasteiger partial charge in [-0.05, 0) is 45.1 Å². The topological polar surface area (TPSA) is 58.6 Å². The molecule has 1 aliphatic carbocycles. The molecule has 24 heavy (non-hydrogen) atoms. The quantitative estimate of drug-likeness (QED) is 0.871. The number of likely N-dealkylation sites (N-methyl/N-ethyl adjacent to an activating group) is 1. The lowest BCUT2D eigenvalue weighted by Gasteiger charge is -2.30. The van der Waals surface area contributed by atoms with Crippen LogP contribution < -0.4 is 5.32 Å². The first-order chi connectivity index (χ1) is 11.3. The molecule has 1 aromatic carbocycles. The number of rotatable bonds is 6. The third-order valence-corrected chi connectivity index (χ3v) is 3.99. The van der Waals surface area contributed by atoms with Gasteiger partial charge in [0.2, 0.25) is 5.91 Å². The SMILES string of the molecule is CN(C(=O)OC(C)(C)C)[C@H](Cc1ccccc1)C(=O)NCC1CC1. The number of carbonyl (C=O) groups excluding carboxylic acids is 2. The molecule has 0 spiro atoms. The Morgan fingerprint density at radius 1 is 1.25 bits per heavy atom. The van der Waals surface area contributed by atoms with Crippen LogP contribution in [0.25, 0.3) is 0 Å². The van der Waals surface area contributed by atoms with Crippen molar-refractivity contribution < 1.29 is 14.3 Å². The van der Waals surface area contributed by atoms with Gasteiger partial charge in [0.15, 0.2) is 0 Å². The minimum absolute atomic E-state index is 0.126. The van der Waals surface area contributed by atoms with Crippen molar-refractivity contribution in [3.8, 4) is 0 Å².